The van der Waals surface area contributed by atoms with E-state index in [4.69, 9.17) is 9.47 Å². The van der Waals surface area contributed by atoms with E-state index in [2.05, 4.69) is 16.3 Å². The lowest BCUT2D eigenvalue weighted by molar-refractivity contribution is -0.121. The molecule has 2 aromatic carbocycles. The molecule has 30 heavy (non-hydrogen) atoms. The zero-order valence-corrected chi connectivity index (χ0v) is 17.4. The summed E-state index contributed by atoms with van der Waals surface area (Å²) in [5, 5.41) is 3.14. The lowest BCUT2D eigenvalue weighted by Gasteiger charge is -2.43. The highest BCUT2D eigenvalue weighted by Gasteiger charge is 2.37. The van der Waals surface area contributed by atoms with E-state index in [0.29, 0.717) is 6.61 Å². The Kier molecular flexibility index (Phi) is 5.77. The van der Waals surface area contributed by atoms with Gasteiger partial charge >= 0.3 is 0 Å². The molecule has 2 aliphatic heterocycles. The van der Waals surface area contributed by atoms with Crippen LogP contribution in [0.4, 0.5) is 4.39 Å². The number of amides is 1. The lowest BCUT2D eigenvalue weighted by atomic mass is 9.80. The van der Waals surface area contributed by atoms with Crippen LogP contribution in [-0.2, 0) is 10.3 Å². The molecule has 2 heterocycles. The second-order valence-corrected chi connectivity index (χ2v) is 8.04. The van der Waals surface area contributed by atoms with E-state index in [1.165, 1.54) is 24.6 Å². The summed E-state index contributed by atoms with van der Waals surface area (Å²) in [5.74, 6) is 1.35. The molecule has 0 unspecified atom stereocenters. The fourth-order valence-electron chi connectivity index (χ4n) is 4.39. The van der Waals surface area contributed by atoms with Crippen molar-refractivity contribution in [1.29, 1.82) is 0 Å². The number of likely N-dealkylation sites (tertiary alicyclic amines) is 1. The summed E-state index contributed by atoms with van der Waals surface area (Å²) in [5.41, 5.74) is 2.75. The minimum absolute atomic E-state index is 0.0679. The number of nitrogens with one attached hydrogen (secondary N) is 1. The van der Waals surface area contributed by atoms with Crippen molar-refractivity contribution in [2.45, 2.75) is 25.3 Å². The number of carbonyl (C=O) groups is 1. The number of rotatable bonds is 5. The molecular weight excluding hydrogens is 383 g/mol. The second-order valence-electron chi connectivity index (χ2n) is 8.04. The number of benzene rings is 2. The van der Waals surface area contributed by atoms with Gasteiger partial charge in [0.1, 0.15) is 23.9 Å². The number of hydrogen-bond acceptors (Lipinski definition) is 4. The van der Waals surface area contributed by atoms with Crippen molar-refractivity contribution in [3.05, 3.63) is 65.0 Å². The summed E-state index contributed by atoms with van der Waals surface area (Å²) in [7, 11) is 1.66. The minimum Gasteiger partial charge on any atom is -0.497 e. The largest absolute Gasteiger partial charge is 0.497 e. The van der Waals surface area contributed by atoms with Crippen LogP contribution in [0.25, 0.3) is 6.08 Å². The molecule has 0 atom stereocenters. The van der Waals surface area contributed by atoms with Crippen LogP contribution in [0.5, 0.6) is 11.5 Å². The number of fused-ring (bicyclic) bond motifs is 1. The van der Waals surface area contributed by atoms with Crippen molar-refractivity contribution >= 4 is 12.0 Å². The first-order valence-corrected chi connectivity index (χ1v) is 10.2. The normalized spacial score (nSPS) is 18.0. The Morgan fingerprint density at radius 2 is 1.93 bits per heavy atom. The van der Waals surface area contributed by atoms with Crippen LogP contribution in [0.15, 0.2) is 48.0 Å². The first kappa shape index (κ1) is 20.4. The van der Waals surface area contributed by atoms with Gasteiger partial charge in [-0.15, -0.1) is 0 Å². The predicted octanol–water partition coefficient (Wildman–Crippen LogP) is 3.74. The van der Waals surface area contributed by atoms with Crippen molar-refractivity contribution in [3.63, 3.8) is 0 Å². The van der Waals surface area contributed by atoms with E-state index in [1.54, 1.807) is 19.2 Å². The van der Waals surface area contributed by atoms with Crippen molar-refractivity contribution in [1.82, 2.24) is 10.2 Å². The van der Waals surface area contributed by atoms with E-state index < -0.39 is 5.54 Å². The van der Waals surface area contributed by atoms with Gasteiger partial charge in [-0.2, -0.15) is 0 Å². The van der Waals surface area contributed by atoms with Gasteiger partial charge in [0.25, 0.3) is 0 Å². The molecule has 6 heteroatoms. The summed E-state index contributed by atoms with van der Waals surface area (Å²) in [6, 6.07) is 12.3. The highest BCUT2D eigenvalue weighted by molar-refractivity contribution is 5.74. The van der Waals surface area contributed by atoms with Crippen molar-refractivity contribution < 1.29 is 18.7 Å². The van der Waals surface area contributed by atoms with Gasteiger partial charge in [0.05, 0.1) is 12.6 Å². The zero-order valence-electron chi connectivity index (χ0n) is 17.4. The van der Waals surface area contributed by atoms with Gasteiger partial charge in [0, 0.05) is 32.1 Å². The maximum atomic E-state index is 13.4. The number of methoxy groups -OCH3 is 1. The number of carbonyl (C=O) groups excluding carboxylic acids is 1. The Morgan fingerprint density at radius 3 is 2.60 bits per heavy atom. The van der Waals surface area contributed by atoms with Crippen LogP contribution >= 0.6 is 0 Å². The standard InChI is InChI=1S/C24H27FN2O3/c1-17(28)26-24(20-3-5-21(25)6-4-20)9-11-27(12-10-24)15-18-13-19-14-22(29-2)7-8-23(19)30-16-18/h3-8,13-14H,9-12,15-16H2,1-2H3,(H,26,28). The average Bonchev–Trinajstić information content (AvgIpc) is 2.75. The van der Waals surface area contributed by atoms with Crippen LogP contribution in [0.3, 0.4) is 0 Å². The number of nitrogens with zero attached hydrogens (tertiary/aromatic N) is 1. The van der Waals surface area contributed by atoms with Crippen molar-refractivity contribution in [3.8, 4) is 11.5 Å². The SMILES string of the molecule is COc1ccc2c(c1)C=C(CN1CCC(NC(C)=O)(c3ccc(F)cc3)CC1)CO2. The maximum Gasteiger partial charge on any atom is 0.217 e. The van der Waals surface area contributed by atoms with Gasteiger partial charge in [-0.1, -0.05) is 12.1 Å². The molecule has 0 bridgehead atoms. The first-order valence-electron chi connectivity index (χ1n) is 10.2. The molecule has 2 aliphatic rings. The predicted molar refractivity (Wildman–Crippen MR) is 114 cm³/mol. The molecule has 1 saturated heterocycles. The quantitative estimate of drug-likeness (QED) is 0.816. The van der Waals surface area contributed by atoms with Gasteiger partial charge < -0.3 is 14.8 Å². The Labute approximate surface area is 176 Å². The molecule has 0 saturated carbocycles. The van der Waals surface area contributed by atoms with E-state index in [-0.39, 0.29) is 11.7 Å². The summed E-state index contributed by atoms with van der Waals surface area (Å²) < 4.78 is 24.6. The van der Waals surface area contributed by atoms with Crippen LogP contribution in [0.2, 0.25) is 0 Å². The average molecular weight is 410 g/mol. The van der Waals surface area contributed by atoms with E-state index >= 15 is 0 Å². The molecule has 1 N–H and O–H groups in total. The third-order valence-electron chi connectivity index (χ3n) is 5.94. The Morgan fingerprint density at radius 1 is 1.20 bits per heavy atom. The van der Waals surface area contributed by atoms with Crippen LogP contribution < -0.4 is 14.8 Å². The highest BCUT2D eigenvalue weighted by atomic mass is 19.1. The molecule has 1 amide bonds. The Hall–Kier alpha value is -2.86. The summed E-state index contributed by atoms with van der Waals surface area (Å²) >= 11 is 0. The van der Waals surface area contributed by atoms with Crippen LogP contribution in [0, 0.1) is 5.82 Å². The molecule has 0 aliphatic carbocycles. The number of ether oxygens (including phenoxy) is 2. The van der Waals surface area contributed by atoms with Crippen LogP contribution in [0.1, 0.15) is 30.9 Å². The Balaban J connectivity index is 1.46. The Bertz CT molecular complexity index is 947. The molecule has 0 radical (unpaired) electrons. The minimum atomic E-state index is -0.451. The first-order chi connectivity index (χ1) is 14.5. The molecule has 2 aromatic rings. The fourth-order valence-corrected chi connectivity index (χ4v) is 4.39. The maximum absolute atomic E-state index is 13.4. The summed E-state index contributed by atoms with van der Waals surface area (Å²) in [6.07, 6.45) is 3.73. The van der Waals surface area contributed by atoms with E-state index in [1.807, 2.05) is 18.2 Å². The van der Waals surface area contributed by atoms with E-state index in [9.17, 15) is 9.18 Å². The van der Waals surface area contributed by atoms with Gasteiger partial charge in [-0.05, 0) is 60.4 Å². The van der Waals surface area contributed by atoms with Gasteiger partial charge in [-0.3, -0.25) is 9.69 Å². The van der Waals surface area contributed by atoms with Gasteiger partial charge in [0.15, 0.2) is 0 Å². The molecule has 158 valence electrons. The number of piperidine rings is 1. The van der Waals surface area contributed by atoms with Crippen LogP contribution in [-0.4, -0.2) is 44.2 Å². The summed E-state index contributed by atoms with van der Waals surface area (Å²) in [4.78, 5) is 14.3. The topological polar surface area (TPSA) is 50.8 Å². The smallest absolute Gasteiger partial charge is 0.217 e. The molecule has 4 rings (SSSR count). The van der Waals surface area contributed by atoms with Gasteiger partial charge in [-0.25, -0.2) is 4.39 Å². The number of halogens is 1. The van der Waals surface area contributed by atoms with Crippen molar-refractivity contribution in [2.75, 3.05) is 33.4 Å². The third-order valence-corrected chi connectivity index (χ3v) is 5.94. The monoisotopic (exact) mass is 410 g/mol. The highest BCUT2D eigenvalue weighted by Crippen LogP contribution is 2.34. The van der Waals surface area contributed by atoms with E-state index in [0.717, 1.165) is 55.1 Å². The molecule has 5 nitrogen and oxygen atoms in total. The second kappa shape index (κ2) is 8.48. The van der Waals surface area contributed by atoms with Gasteiger partial charge in [0.2, 0.25) is 5.91 Å². The summed E-state index contributed by atoms with van der Waals surface area (Å²) in [6.45, 7) is 4.59. The molecule has 0 aromatic heterocycles. The third kappa shape index (κ3) is 4.33. The molecule has 1 fully saturated rings. The molecular formula is C24H27FN2O3. The molecule has 0 spiro atoms. The fraction of sp³-hybridized carbons (Fsp3) is 0.375. The zero-order chi connectivity index (χ0) is 21.1. The van der Waals surface area contributed by atoms with Crippen molar-refractivity contribution in [2.24, 2.45) is 0 Å². The lowest BCUT2D eigenvalue weighted by Crippen LogP contribution is -2.53. The number of hydrogen-bond donors (Lipinski definition) is 1.